The fourth-order valence-corrected chi connectivity index (χ4v) is 5.28. The second-order valence-corrected chi connectivity index (χ2v) is 10.4. The Bertz CT molecular complexity index is 1280. The van der Waals surface area contributed by atoms with Crippen LogP contribution in [0.25, 0.3) is 0 Å². The number of carbonyl (C=O) groups excluding carboxylic acids is 2. The second-order valence-electron chi connectivity index (χ2n) is 7.46. The van der Waals surface area contributed by atoms with E-state index in [9.17, 15) is 18.0 Å². The van der Waals surface area contributed by atoms with Crippen LogP contribution in [0, 0.1) is 0 Å². The van der Waals surface area contributed by atoms with E-state index < -0.39 is 10.0 Å². The fraction of sp³-hybridized carbons (Fsp3) is 0.200. The second kappa shape index (κ2) is 11.2. The van der Waals surface area contributed by atoms with Gasteiger partial charge in [-0.05, 0) is 55.5 Å². The molecule has 0 aliphatic heterocycles. The molecule has 0 fully saturated rings. The Labute approximate surface area is 204 Å². The van der Waals surface area contributed by atoms with Gasteiger partial charge >= 0.3 is 0 Å². The molecule has 0 saturated carbocycles. The molecular formula is C25H26N2O5S2. The van der Waals surface area contributed by atoms with E-state index in [1.165, 1.54) is 42.2 Å². The summed E-state index contributed by atoms with van der Waals surface area (Å²) < 4.78 is 32.6. The molecule has 0 aliphatic carbocycles. The van der Waals surface area contributed by atoms with Gasteiger partial charge in [0.15, 0.2) is 5.78 Å². The number of sulfonamides is 1. The smallest absolute Gasteiger partial charge is 0.264 e. The molecule has 0 atom stereocenters. The van der Waals surface area contributed by atoms with Crippen LogP contribution in [-0.2, 0) is 20.6 Å². The van der Waals surface area contributed by atoms with Crippen LogP contribution in [0.15, 0.2) is 77.7 Å². The maximum Gasteiger partial charge on any atom is 0.264 e. The van der Waals surface area contributed by atoms with Gasteiger partial charge in [0.25, 0.3) is 10.0 Å². The third kappa shape index (κ3) is 6.18. The molecule has 1 amide bonds. The summed E-state index contributed by atoms with van der Waals surface area (Å²) in [4.78, 5) is 24.2. The molecule has 1 N–H and O–H groups in total. The van der Waals surface area contributed by atoms with Gasteiger partial charge in [-0.2, -0.15) is 0 Å². The molecule has 0 radical (unpaired) electrons. The Morgan fingerprint density at radius 1 is 1.00 bits per heavy atom. The van der Waals surface area contributed by atoms with E-state index in [2.05, 4.69) is 5.32 Å². The van der Waals surface area contributed by atoms with E-state index in [1.54, 1.807) is 61.7 Å². The number of methoxy groups -OCH3 is 1. The van der Waals surface area contributed by atoms with Crippen molar-refractivity contribution < 1.29 is 22.7 Å². The van der Waals surface area contributed by atoms with Crippen molar-refractivity contribution in [1.82, 2.24) is 0 Å². The fourth-order valence-electron chi connectivity index (χ4n) is 3.23. The highest BCUT2D eigenvalue weighted by Crippen LogP contribution is 2.26. The Morgan fingerprint density at radius 3 is 2.41 bits per heavy atom. The SMILES string of the molecule is COc1ccc(C(C)=O)cc1CSCC(=O)Nc1cccc(S(=O)(=O)N(C)c2ccccc2)c1. The van der Waals surface area contributed by atoms with Crippen LogP contribution < -0.4 is 14.4 Å². The minimum absolute atomic E-state index is 0.0422. The first kappa shape index (κ1) is 25.3. The first-order valence-corrected chi connectivity index (χ1v) is 13.0. The summed E-state index contributed by atoms with van der Waals surface area (Å²) in [6, 6.07) is 20.1. The average Bonchev–Trinajstić information content (AvgIpc) is 2.84. The van der Waals surface area contributed by atoms with Gasteiger partial charge in [0, 0.05) is 29.6 Å². The van der Waals surface area contributed by atoms with Gasteiger partial charge in [0.1, 0.15) is 5.75 Å². The zero-order chi connectivity index (χ0) is 24.7. The van der Waals surface area contributed by atoms with Crippen LogP contribution in [0.2, 0.25) is 0 Å². The third-order valence-corrected chi connectivity index (χ3v) is 7.84. The van der Waals surface area contributed by atoms with E-state index >= 15 is 0 Å². The molecular weight excluding hydrogens is 472 g/mol. The largest absolute Gasteiger partial charge is 0.496 e. The van der Waals surface area contributed by atoms with E-state index in [0.29, 0.717) is 28.4 Å². The number of carbonyl (C=O) groups is 2. The lowest BCUT2D eigenvalue weighted by molar-refractivity contribution is -0.113. The molecule has 9 heteroatoms. The predicted octanol–water partition coefficient (Wildman–Crippen LogP) is 4.59. The van der Waals surface area contributed by atoms with Crippen molar-refractivity contribution in [3.63, 3.8) is 0 Å². The van der Waals surface area contributed by atoms with Crippen molar-refractivity contribution in [2.45, 2.75) is 17.6 Å². The highest BCUT2D eigenvalue weighted by Gasteiger charge is 2.21. The topological polar surface area (TPSA) is 92.8 Å². The molecule has 7 nitrogen and oxygen atoms in total. The standard InChI is InChI=1S/C25H26N2O5S2/c1-18(28)19-12-13-24(32-3)20(14-19)16-33-17-25(29)26-21-8-7-11-23(15-21)34(30,31)27(2)22-9-5-4-6-10-22/h4-15H,16-17H2,1-3H3,(H,26,29). The van der Waals surface area contributed by atoms with Crippen LogP contribution >= 0.6 is 11.8 Å². The number of anilines is 2. The number of ether oxygens (including phenoxy) is 1. The molecule has 3 aromatic rings. The Morgan fingerprint density at radius 2 is 1.74 bits per heavy atom. The molecule has 0 unspecified atom stereocenters. The van der Waals surface area contributed by atoms with Crippen molar-refractivity contribution in [2.75, 3.05) is 29.5 Å². The molecule has 0 aromatic heterocycles. The molecule has 0 bridgehead atoms. The zero-order valence-corrected chi connectivity index (χ0v) is 20.8. The van der Waals surface area contributed by atoms with Crippen molar-refractivity contribution in [3.8, 4) is 5.75 Å². The molecule has 0 saturated heterocycles. The average molecular weight is 499 g/mol. The maximum atomic E-state index is 13.0. The Balaban J connectivity index is 1.64. The van der Waals surface area contributed by atoms with Crippen molar-refractivity contribution in [3.05, 3.63) is 83.9 Å². The lowest BCUT2D eigenvalue weighted by atomic mass is 10.1. The van der Waals surface area contributed by atoms with Crippen LogP contribution in [0.1, 0.15) is 22.8 Å². The number of rotatable bonds is 10. The highest BCUT2D eigenvalue weighted by molar-refractivity contribution is 7.99. The van der Waals surface area contributed by atoms with E-state index in [0.717, 1.165) is 5.56 Å². The highest BCUT2D eigenvalue weighted by atomic mass is 32.2. The summed E-state index contributed by atoms with van der Waals surface area (Å²) in [5.41, 5.74) is 2.34. The molecule has 34 heavy (non-hydrogen) atoms. The lowest BCUT2D eigenvalue weighted by Crippen LogP contribution is -2.26. The number of thioether (sulfide) groups is 1. The number of Topliss-reactive ketones (excluding diaryl/α,β-unsaturated/α-hetero) is 1. The maximum absolute atomic E-state index is 13.0. The molecule has 0 heterocycles. The molecule has 0 spiro atoms. The first-order valence-electron chi connectivity index (χ1n) is 10.4. The van der Waals surface area contributed by atoms with Crippen LogP contribution in [0.4, 0.5) is 11.4 Å². The third-order valence-electron chi connectivity index (χ3n) is 5.07. The van der Waals surface area contributed by atoms with E-state index in [1.807, 2.05) is 6.07 Å². The van der Waals surface area contributed by atoms with Crippen molar-refractivity contribution in [1.29, 1.82) is 0 Å². The number of ketones is 1. The number of hydrogen-bond acceptors (Lipinski definition) is 6. The number of benzene rings is 3. The van der Waals surface area contributed by atoms with Gasteiger partial charge in [-0.15, -0.1) is 11.8 Å². The monoisotopic (exact) mass is 498 g/mol. The van der Waals surface area contributed by atoms with E-state index in [-0.39, 0.29) is 22.3 Å². The minimum atomic E-state index is -3.79. The number of nitrogens with one attached hydrogen (secondary N) is 1. The quantitative estimate of drug-likeness (QED) is 0.411. The summed E-state index contributed by atoms with van der Waals surface area (Å²) in [5.74, 6) is 0.970. The van der Waals surface area contributed by atoms with Crippen molar-refractivity contribution >= 4 is 44.9 Å². The van der Waals surface area contributed by atoms with Crippen molar-refractivity contribution in [2.24, 2.45) is 0 Å². The minimum Gasteiger partial charge on any atom is -0.496 e. The Kier molecular flexibility index (Phi) is 8.36. The normalized spacial score (nSPS) is 11.0. The first-order chi connectivity index (χ1) is 16.2. The molecule has 178 valence electrons. The van der Waals surface area contributed by atoms with E-state index in [4.69, 9.17) is 4.74 Å². The molecule has 0 aliphatic rings. The van der Waals surface area contributed by atoms with Gasteiger partial charge in [0.2, 0.25) is 5.91 Å². The summed E-state index contributed by atoms with van der Waals surface area (Å²) in [6.07, 6.45) is 0. The van der Waals surface area contributed by atoms with Gasteiger partial charge in [0.05, 0.1) is 23.4 Å². The molecule has 3 rings (SSSR count). The number of amides is 1. The lowest BCUT2D eigenvalue weighted by Gasteiger charge is -2.19. The van der Waals surface area contributed by atoms with Crippen LogP contribution in [-0.4, -0.2) is 40.0 Å². The summed E-state index contributed by atoms with van der Waals surface area (Å²) >= 11 is 1.37. The van der Waals surface area contributed by atoms with Crippen LogP contribution in [0.3, 0.4) is 0 Å². The van der Waals surface area contributed by atoms with Gasteiger partial charge in [-0.3, -0.25) is 13.9 Å². The predicted molar refractivity (Wildman–Crippen MR) is 136 cm³/mol. The van der Waals surface area contributed by atoms with Crippen LogP contribution in [0.5, 0.6) is 5.75 Å². The summed E-state index contributed by atoms with van der Waals surface area (Å²) in [7, 11) is -0.743. The van der Waals surface area contributed by atoms with Gasteiger partial charge < -0.3 is 10.1 Å². The molecule has 3 aromatic carbocycles. The number of para-hydroxylation sites is 1. The number of nitrogens with zero attached hydrogens (tertiary/aromatic N) is 1. The van der Waals surface area contributed by atoms with Gasteiger partial charge in [-0.1, -0.05) is 24.3 Å². The Hall–Kier alpha value is -3.30. The summed E-state index contributed by atoms with van der Waals surface area (Å²) in [5, 5.41) is 2.75. The number of hydrogen-bond donors (Lipinski definition) is 1. The zero-order valence-electron chi connectivity index (χ0n) is 19.1. The summed E-state index contributed by atoms with van der Waals surface area (Å²) in [6.45, 7) is 1.50. The van der Waals surface area contributed by atoms with Gasteiger partial charge in [-0.25, -0.2) is 8.42 Å².